The molecule has 0 bridgehead atoms. The van der Waals surface area contributed by atoms with Gasteiger partial charge in [0.05, 0.1) is 26.8 Å². The summed E-state index contributed by atoms with van der Waals surface area (Å²) in [7, 11) is 0. The molecule has 4 nitrogen and oxygen atoms in total. The van der Waals surface area contributed by atoms with Crippen molar-refractivity contribution >= 4 is 45.7 Å². The molecule has 1 amide bonds. The quantitative estimate of drug-likeness (QED) is 0.586. The average Bonchev–Trinajstić information content (AvgIpc) is 2.60. The standard InChI is InChI=1S/C17H10Cl2F3N3O/c18-12-5-4-9(8-13(12)19)16(26)25-24-14-6-7-23-15-10(14)2-1-3-11(15)17(20,21)22/h1-8H,(H,23,24)(H,25,26). The van der Waals surface area contributed by atoms with Crippen molar-refractivity contribution in [3.63, 3.8) is 0 Å². The van der Waals surface area contributed by atoms with Crippen molar-refractivity contribution in [3.05, 3.63) is 69.8 Å². The number of amides is 1. The number of hydrogen-bond acceptors (Lipinski definition) is 3. The van der Waals surface area contributed by atoms with Crippen molar-refractivity contribution < 1.29 is 18.0 Å². The summed E-state index contributed by atoms with van der Waals surface area (Å²) < 4.78 is 39.3. The fraction of sp³-hybridized carbons (Fsp3) is 0.0588. The monoisotopic (exact) mass is 399 g/mol. The number of carbonyl (C=O) groups excluding carboxylic acids is 1. The molecule has 9 heteroatoms. The fourth-order valence-electron chi connectivity index (χ4n) is 2.35. The zero-order chi connectivity index (χ0) is 18.9. The van der Waals surface area contributed by atoms with Crippen LogP contribution in [0.1, 0.15) is 15.9 Å². The molecule has 3 rings (SSSR count). The lowest BCUT2D eigenvalue weighted by molar-refractivity contribution is -0.136. The van der Waals surface area contributed by atoms with Gasteiger partial charge < -0.3 is 0 Å². The van der Waals surface area contributed by atoms with Crippen LogP contribution in [-0.2, 0) is 6.18 Å². The van der Waals surface area contributed by atoms with Crippen LogP contribution in [0.2, 0.25) is 10.0 Å². The second-order valence-electron chi connectivity index (χ2n) is 5.27. The summed E-state index contributed by atoms with van der Waals surface area (Å²) in [6.45, 7) is 0. The summed E-state index contributed by atoms with van der Waals surface area (Å²) in [5, 5.41) is 0.733. The minimum Gasteiger partial charge on any atom is -0.298 e. The van der Waals surface area contributed by atoms with E-state index in [9.17, 15) is 18.0 Å². The van der Waals surface area contributed by atoms with Crippen LogP contribution < -0.4 is 10.9 Å². The first-order valence-electron chi connectivity index (χ1n) is 7.23. The number of rotatable bonds is 3. The Morgan fingerprint density at radius 3 is 2.50 bits per heavy atom. The van der Waals surface area contributed by atoms with Gasteiger partial charge in [0.2, 0.25) is 0 Å². The van der Waals surface area contributed by atoms with Crippen molar-refractivity contribution in [1.82, 2.24) is 10.4 Å². The maximum Gasteiger partial charge on any atom is 0.418 e. The molecule has 26 heavy (non-hydrogen) atoms. The first kappa shape index (κ1) is 18.3. The lowest BCUT2D eigenvalue weighted by Gasteiger charge is -2.14. The number of pyridine rings is 1. The number of hydrazine groups is 1. The van der Waals surface area contributed by atoms with Crippen LogP contribution >= 0.6 is 23.2 Å². The van der Waals surface area contributed by atoms with Gasteiger partial charge in [-0.3, -0.25) is 20.6 Å². The molecule has 0 aliphatic rings. The van der Waals surface area contributed by atoms with Gasteiger partial charge >= 0.3 is 6.18 Å². The molecule has 0 radical (unpaired) electrons. The highest BCUT2D eigenvalue weighted by Gasteiger charge is 2.33. The third-order valence-electron chi connectivity index (χ3n) is 3.57. The minimum absolute atomic E-state index is 0.212. The summed E-state index contributed by atoms with van der Waals surface area (Å²) in [4.78, 5) is 16.0. The summed E-state index contributed by atoms with van der Waals surface area (Å²) in [5.41, 5.74) is 4.47. The van der Waals surface area contributed by atoms with E-state index in [4.69, 9.17) is 23.2 Å². The van der Waals surface area contributed by atoms with Crippen molar-refractivity contribution in [3.8, 4) is 0 Å². The third kappa shape index (κ3) is 3.68. The minimum atomic E-state index is -4.53. The number of aromatic nitrogens is 1. The van der Waals surface area contributed by atoms with Crippen molar-refractivity contribution in [2.24, 2.45) is 0 Å². The molecule has 134 valence electrons. The number of nitrogens with one attached hydrogen (secondary N) is 2. The van der Waals surface area contributed by atoms with E-state index < -0.39 is 17.6 Å². The van der Waals surface area contributed by atoms with Crippen molar-refractivity contribution in [2.45, 2.75) is 6.18 Å². The van der Waals surface area contributed by atoms with Crippen LogP contribution in [0, 0.1) is 0 Å². The van der Waals surface area contributed by atoms with Gasteiger partial charge in [-0.05, 0) is 30.3 Å². The van der Waals surface area contributed by atoms with E-state index in [1.165, 1.54) is 42.6 Å². The number of hydrogen-bond donors (Lipinski definition) is 2. The van der Waals surface area contributed by atoms with Gasteiger partial charge in [-0.15, -0.1) is 0 Å². The van der Waals surface area contributed by atoms with Gasteiger partial charge in [-0.25, -0.2) is 0 Å². The highest BCUT2D eigenvalue weighted by Crippen LogP contribution is 2.35. The molecule has 1 aromatic heterocycles. The number of anilines is 1. The number of para-hydroxylation sites is 1. The number of nitrogens with zero attached hydrogens (tertiary/aromatic N) is 1. The number of carbonyl (C=O) groups is 1. The predicted molar refractivity (Wildman–Crippen MR) is 94.3 cm³/mol. The van der Waals surface area contributed by atoms with Gasteiger partial charge in [0.25, 0.3) is 5.91 Å². The second kappa shape index (κ2) is 7.01. The van der Waals surface area contributed by atoms with E-state index in [0.29, 0.717) is 5.02 Å². The summed E-state index contributed by atoms with van der Waals surface area (Å²) in [6, 6.07) is 9.48. The SMILES string of the molecule is O=C(NNc1ccnc2c(C(F)(F)F)cccc12)c1ccc(Cl)c(Cl)c1. The molecular weight excluding hydrogens is 390 g/mol. The lowest BCUT2D eigenvalue weighted by Crippen LogP contribution is -2.29. The number of benzene rings is 2. The number of fused-ring (bicyclic) bond motifs is 1. The third-order valence-corrected chi connectivity index (χ3v) is 4.31. The Balaban J connectivity index is 1.87. The van der Waals surface area contributed by atoms with Gasteiger partial charge in [0, 0.05) is 17.1 Å². The van der Waals surface area contributed by atoms with E-state index >= 15 is 0 Å². The molecular formula is C17H10Cl2F3N3O. The molecule has 0 saturated carbocycles. The van der Waals surface area contributed by atoms with Gasteiger partial charge in [-0.2, -0.15) is 13.2 Å². The largest absolute Gasteiger partial charge is 0.418 e. The highest BCUT2D eigenvalue weighted by molar-refractivity contribution is 6.42. The Bertz CT molecular complexity index is 993. The molecule has 0 aliphatic heterocycles. The Labute approximate surface area is 155 Å². The second-order valence-corrected chi connectivity index (χ2v) is 6.08. The van der Waals surface area contributed by atoms with Crippen LogP contribution in [0.4, 0.5) is 18.9 Å². The first-order valence-corrected chi connectivity index (χ1v) is 7.99. The van der Waals surface area contributed by atoms with Crippen LogP contribution in [0.15, 0.2) is 48.7 Å². The van der Waals surface area contributed by atoms with E-state index in [-0.39, 0.29) is 27.2 Å². The molecule has 3 aromatic rings. The zero-order valence-corrected chi connectivity index (χ0v) is 14.4. The summed E-state index contributed by atoms with van der Waals surface area (Å²) in [5.74, 6) is -0.527. The first-order chi connectivity index (χ1) is 12.3. The Morgan fingerprint density at radius 1 is 1.04 bits per heavy atom. The molecule has 2 N–H and O–H groups in total. The smallest absolute Gasteiger partial charge is 0.298 e. The van der Waals surface area contributed by atoms with Gasteiger partial charge in [-0.1, -0.05) is 35.3 Å². The van der Waals surface area contributed by atoms with E-state index in [0.717, 1.165) is 6.07 Å². The molecule has 0 unspecified atom stereocenters. The Kier molecular flexibility index (Phi) is 4.93. The predicted octanol–water partition coefficient (Wildman–Crippen LogP) is 5.32. The van der Waals surface area contributed by atoms with Crippen LogP contribution in [0.3, 0.4) is 0 Å². The molecule has 0 spiro atoms. The zero-order valence-electron chi connectivity index (χ0n) is 12.9. The maximum absolute atomic E-state index is 13.1. The number of alkyl halides is 3. The van der Waals surface area contributed by atoms with E-state index in [1.54, 1.807) is 0 Å². The molecule has 2 aromatic carbocycles. The van der Waals surface area contributed by atoms with Gasteiger partial charge in [0.15, 0.2) is 0 Å². The summed E-state index contributed by atoms with van der Waals surface area (Å²) in [6.07, 6.45) is -3.31. The van der Waals surface area contributed by atoms with Crippen LogP contribution in [-0.4, -0.2) is 10.9 Å². The molecule has 0 aliphatic carbocycles. The van der Waals surface area contributed by atoms with Crippen molar-refractivity contribution in [1.29, 1.82) is 0 Å². The highest BCUT2D eigenvalue weighted by atomic mass is 35.5. The Hall–Kier alpha value is -2.51. The molecule has 0 fully saturated rings. The number of halogens is 5. The van der Waals surface area contributed by atoms with Crippen LogP contribution in [0.25, 0.3) is 10.9 Å². The molecule has 0 atom stereocenters. The van der Waals surface area contributed by atoms with E-state index in [2.05, 4.69) is 15.8 Å². The Morgan fingerprint density at radius 2 is 1.81 bits per heavy atom. The molecule has 0 saturated heterocycles. The van der Waals surface area contributed by atoms with Gasteiger partial charge in [0.1, 0.15) is 0 Å². The maximum atomic E-state index is 13.1. The average molecular weight is 400 g/mol. The lowest BCUT2D eigenvalue weighted by atomic mass is 10.1. The topological polar surface area (TPSA) is 54.0 Å². The summed E-state index contributed by atoms with van der Waals surface area (Å²) >= 11 is 11.7. The fourth-order valence-corrected chi connectivity index (χ4v) is 2.65. The van der Waals surface area contributed by atoms with Crippen LogP contribution in [0.5, 0.6) is 0 Å². The van der Waals surface area contributed by atoms with Crippen molar-refractivity contribution in [2.75, 3.05) is 5.43 Å². The van der Waals surface area contributed by atoms with E-state index in [1.807, 2.05) is 0 Å². The normalized spacial score (nSPS) is 11.4. The molecule has 1 heterocycles.